The van der Waals surface area contributed by atoms with Crippen LogP contribution in [0.2, 0.25) is 0 Å². The van der Waals surface area contributed by atoms with Gasteiger partial charge in [-0.1, -0.05) is 0 Å². The predicted octanol–water partition coefficient (Wildman–Crippen LogP) is 1.44. The van der Waals surface area contributed by atoms with Gasteiger partial charge in [0.25, 0.3) is 0 Å². The zero-order valence-corrected chi connectivity index (χ0v) is 9.47. The SMILES string of the molecule is [CH2+]OCCOC(=O)c1ccc(C(=O)OC)cc1. The minimum Gasteiger partial charge on any atom is -0.465 e. The molecule has 0 spiro atoms. The van der Waals surface area contributed by atoms with Gasteiger partial charge in [0.1, 0.15) is 13.2 Å². The number of hydrogen-bond acceptors (Lipinski definition) is 5. The van der Waals surface area contributed by atoms with Crippen LogP contribution in [0, 0.1) is 7.11 Å². The first-order valence-electron chi connectivity index (χ1n) is 4.91. The predicted molar refractivity (Wildman–Crippen MR) is 59.4 cm³/mol. The van der Waals surface area contributed by atoms with E-state index in [-0.39, 0.29) is 13.2 Å². The average Bonchev–Trinajstić information content (AvgIpc) is 2.38. The summed E-state index contributed by atoms with van der Waals surface area (Å²) in [5.41, 5.74) is 0.742. The molecule has 1 rings (SSSR count). The Labute approximate surface area is 99.3 Å². The lowest BCUT2D eigenvalue weighted by atomic mass is 10.1. The summed E-state index contributed by atoms with van der Waals surface area (Å²) in [4.78, 5) is 22.6. The molecule has 90 valence electrons. The Morgan fingerprint density at radius 2 is 1.59 bits per heavy atom. The van der Waals surface area contributed by atoms with Crippen LogP contribution in [0.4, 0.5) is 0 Å². The van der Waals surface area contributed by atoms with Crippen LogP contribution >= 0.6 is 0 Å². The van der Waals surface area contributed by atoms with Crippen molar-refractivity contribution in [2.24, 2.45) is 0 Å². The fourth-order valence-corrected chi connectivity index (χ4v) is 1.14. The van der Waals surface area contributed by atoms with Gasteiger partial charge in [-0.25, -0.2) is 9.59 Å². The van der Waals surface area contributed by atoms with Crippen LogP contribution in [0.25, 0.3) is 0 Å². The van der Waals surface area contributed by atoms with E-state index in [0.29, 0.717) is 11.1 Å². The zero-order valence-electron chi connectivity index (χ0n) is 9.47. The Bertz CT molecular complexity index is 382. The van der Waals surface area contributed by atoms with Gasteiger partial charge < -0.3 is 9.47 Å². The maximum atomic E-state index is 11.5. The summed E-state index contributed by atoms with van der Waals surface area (Å²) >= 11 is 0. The third kappa shape index (κ3) is 3.81. The normalized spacial score (nSPS) is 9.71. The summed E-state index contributed by atoms with van der Waals surface area (Å²) in [6.45, 7) is 0.382. The van der Waals surface area contributed by atoms with Crippen LogP contribution in [-0.4, -0.2) is 32.3 Å². The number of methoxy groups -OCH3 is 1. The molecule has 17 heavy (non-hydrogen) atoms. The van der Waals surface area contributed by atoms with Gasteiger partial charge in [-0.15, -0.1) is 0 Å². The lowest BCUT2D eigenvalue weighted by Crippen LogP contribution is -2.10. The smallest absolute Gasteiger partial charge is 0.338 e. The van der Waals surface area contributed by atoms with Crippen molar-refractivity contribution in [2.45, 2.75) is 0 Å². The minimum atomic E-state index is -0.474. The maximum absolute atomic E-state index is 11.5. The summed E-state index contributed by atoms with van der Waals surface area (Å²) in [6.07, 6.45) is 0. The molecule has 1 aromatic rings. The third-order valence-electron chi connectivity index (χ3n) is 2.00. The monoisotopic (exact) mass is 237 g/mol. The molecule has 0 amide bonds. The van der Waals surface area contributed by atoms with Crippen molar-refractivity contribution >= 4 is 11.9 Å². The van der Waals surface area contributed by atoms with Gasteiger partial charge in [0.2, 0.25) is 7.11 Å². The summed E-state index contributed by atoms with van der Waals surface area (Å²) in [6, 6.07) is 6.00. The molecule has 5 nitrogen and oxygen atoms in total. The van der Waals surface area contributed by atoms with Crippen molar-refractivity contribution in [3.05, 3.63) is 42.5 Å². The number of ether oxygens (including phenoxy) is 3. The number of esters is 2. The Kier molecular flexibility index (Phi) is 5.03. The molecule has 0 unspecified atom stereocenters. The van der Waals surface area contributed by atoms with E-state index in [4.69, 9.17) is 4.74 Å². The highest BCUT2D eigenvalue weighted by Gasteiger charge is 2.09. The minimum absolute atomic E-state index is 0.140. The van der Waals surface area contributed by atoms with Gasteiger partial charge >= 0.3 is 11.9 Å². The lowest BCUT2D eigenvalue weighted by Gasteiger charge is -2.03. The fraction of sp³-hybridized carbons (Fsp3) is 0.250. The quantitative estimate of drug-likeness (QED) is 0.440. The van der Waals surface area contributed by atoms with Gasteiger partial charge in [-0.3, -0.25) is 0 Å². The second-order valence-corrected chi connectivity index (χ2v) is 3.11. The van der Waals surface area contributed by atoms with Crippen LogP contribution in [-0.2, 0) is 14.2 Å². The molecule has 1 aromatic carbocycles. The van der Waals surface area contributed by atoms with E-state index in [1.807, 2.05) is 0 Å². The zero-order chi connectivity index (χ0) is 12.7. The highest BCUT2D eigenvalue weighted by molar-refractivity contribution is 5.93. The van der Waals surface area contributed by atoms with Gasteiger partial charge in [-0.05, 0) is 24.3 Å². The van der Waals surface area contributed by atoms with Crippen molar-refractivity contribution in [1.29, 1.82) is 0 Å². The molecule has 0 atom stereocenters. The topological polar surface area (TPSA) is 61.8 Å². The van der Waals surface area contributed by atoms with Crippen molar-refractivity contribution in [1.82, 2.24) is 0 Å². The highest BCUT2D eigenvalue weighted by Crippen LogP contribution is 2.07. The Balaban J connectivity index is 2.61. The molecule has 0 aliphatic rings. The van der Waals surface area contributed by atoms with Crippen LogP contribution in [0.5, 0.6) is 0 Å². The fourth-order valence-electron chi connectivity index (χ4n) is 1.14. The first kappa shape index (κ1) is 13.1. The number of rotatable bonds is 5. The van der Waals surface area contributed by atoms with E-state index in [1.165, 1.54) is 31.4 Å². The molecule has 0 saturated heterocycles. The van der Waals surface area contributed by atoms with E-state index in [1.54, 1.807) is 0 Å². The number of carbonyl (C=O) groups is 2. The van der Waals surface area contributed by atoms with Gasteiger partial charge in [0.05, 0.1) is 18.2 Å². The molecule has 0 aliphatic carbocycles. The summed E-state index contributed by atoms with van der Waals surface area (Å²) in [5, 5.41) is 0. The first-order valence-corrected chi connectivity index (χ1v) is 4.91. The molecular formula is C12H13O5+. The molecule has 0 saturated carbocycles. The van der Waals surface area contributed by atoms with E-state index in [9.17, 15) is 9.59 Å². The molecule has 0 fully saturated rings. The van der Waals surface area contributed by atoms with Crippen molar-refractivity contribution in [2.75, 3.05) is 20.3 Å². The second kappa shape index (κ2) is 6.55. The Morgan fingerprint density at radius 1 is 1.06 bits per heavy atom. The van der Waals surface area contributed by atoms with Gasteiger partial charge in [0, 0.05) is 0 Å². The molecule has 0 aromatic heterocycles. The van der Waals surface area contributed by atoms with Crippen molar-refractivity contribution in [3.63, 3.8) is 0 Å². The molecule has 5 heteroatoms. The number of hydrogen-bond donors (Lipinski definition) is 0. The van der Waals surface area contributed by atoms with Crippen LogP contribution in [0.15, 0.2) is 24.3 Å². The highest BCUT2D eigenvalue weighted by atomic mass is 16.6. The lowest BCUT2D eigenvalue weighted by molar-refractivity contribution is 0.0415. The molecule has 0 heterocycles. The standard InChI is InChI=1S/C12H13O5/c1-15-7-8-17-12(14)10-5-3-9(4-6-10)11(13)16-2/h3-6H,1,7-8H2,2H3/q+1. The van der Waals surface area contributed by atoms with Gasteiger partial charge in [0.15, 0.2) is 0 Å². The summed E-state index contributed by atoms with van der Waals surface area (Å²) in [7, 11) is 4.45. The molecule has 0 N–H and O–H groups in total. The van der Waals surface area contributed by atoms with Crippen LogP contribution in [0.1, 0.15) is 20.7 Å². The molecule has 0 aliphatic heterocycles. The Morgan fingerprint density at radius 3 is 2.06 bits per heavy atom. The van der Waals surface area contributed by atoms with E-state index in [2.05, 4.69) is 16.6 Å². The van der Waals surface area contributed by atoms with E-state index < -0.39 is 11.9 Å². The molecule has 0 radical (unpaired) electrons. The van der Waals surface area contributed by atoms with E-state index >= 15 is 0 Å². The summed E-state index contributed by atoms with van der Waals surface area (Å²) in [5.74, 6) is -0.922. The Hall–Kier alpha value is -2.01. The van der Waals surface area contributed by atoms with Crippen molar-refractivity contribution in [3.8, 4) is 0 Å². The molecule has 0 bridgehead atoms. The van der Waals surface area contributed by atoms with E-state index in [0.717, 1.165) is 0 Å². The second-order valence-electron chi connectivity index (χ2n) is 3.11. The summed E-state index contributed by atoms with van der Waals surface area (Å²) < 4.78 is 13.9. The van der Waals surface area contributed by atoms with Crippen LogP contribution in [0.3, 0.4) is 0 Å². The maximum Gasteiger partial charge on any atom is 0.338 e. The van der Waals surface area contributed by atoms with Gasteiger partial charge in [-0.2, -0.15) is 4.74 Å². The number of carbonyl (C=O) groups excluding carboxylic acids is 2. The largest absolute Gasteiger partial charge is 0.465 e. The van der Waals surface area contributed by atoms with Crippen molar-refractivity contribution < 1.29 is 23.8 Å². The number of benzene rings is 1. The van der Waals surface area contributed by atoms with Crippen LogP contribution < -0.4 is 0 Å². The molecular weight excluding hydrogens is 224 g/mol. The average molecular weight is 237 g/mol. The third-order valence-corrected chi connectivity index (χ3v) is 2.00. The first-order chi connectivity index (χ1) is 8.19.